The monoisotopic (exact) mass is 318 g/mol. The number of nitrogens with one attached hydrogen (secondary N) is 1. The first-order chi connectivity index (χ1) is 8.91. The van der Waals surface area contributed by atoms with Gasteiger partial charge in [-0.3, -0.25) is 4.79 Å². The second-order valence-electron chi connectivity index (χ2n) is 4.44. The van der Waals surface area contributed by atoms with Crippen molar-refractivity contribution in [2.45, 2.75) is 19.9 Å². The van der Waals surface area contributed by atoms with Gasteiger partial charge >= 0.3 is 0 Å². The van der Waals surface area contributed by atoms with E-state index in [1.807, 2.05) is 13.8 Å². The lowest BCUT2D eigenvalue weighted by molar-refractivity contribution is -0.118. The molecule has 0 saturated carbocycles. The lowest BCUT2D eigenvalue weighted by Gasteiger charge is -2.17. The van der Waals surface area contributed by atoms with Crippen molar-refractivity contribution in [1.82, 2.24) is 0 Å². The van der Waals surface area contributed by atoms with Gasteiger partial charge in [-0.25, -0.2) is 0 Å². The van der Waals surface area contributed by atoms with Gasteiger partial charge in [0.15, 0.2) is 0 Å². The molecule has 3 N–H and O–H groups in total. The third-order valence-corrected chi connectivity index (χ3v) is 3.83. The van der Waals surface area contributed by atoms with Crippen molar-refractivity contribution in [3.63, 3.8) is 0 Å². The maximum Gasteiger partial charge on any atom is 0.241 e. The Balaban J connectivity index is 2.35. The highest BCUT2D eigenvalue weighted by atomic mass is 35.5. The Hall–Kier alpha value is -0.950. The van der Waals surface area contributed by atoms with Gasteiger partial charge in [-0.05, 0) is 12.0 Å². The first-order valence-electron chi connectivity index (χ1n) is 5.58. The number of anilines is 1. The number of rotatable bonds is 3. The molecule has 1 aromatic rings. The van der Waals surface area contributed by atoms with Gasteiger partial charge in [0.1, 0.15) is 11.4 Å². The van der Waals surface area contributed by atoms with Gasteiger partial charge < -0.3 is 11.1 Å². The van der Waals surface area contributed by atoms with Gasteiger partial charge in [-0.2, -0.15) is 8.73 Å². The normalized spacial score (nSPS) is 14.2. The quantitative estimate of drug-likeness (QED) is 0.905. The number of carbonyl (C=O) groups is 1. The first-order valence-corrected chi connectivity index (χ1v) is 7.07. The van der Waals surface area contributed by atoms with Crippen molar-refractivity contribution >= 4 is 57.5 Å². The van der Waals surface area contributed by atoms with Crippen LogP contribution in [0, 0.1) is 5.92 Å². The summed E-state index contributed by atoms with van der Waals surface area (Å²) in [5, 5.41) is 3.41. The zero-order chi connectivity index (χ0) is 14.2. The van der Waals surface area contributed by atoms with Gasteiger partial charge in [-0.15, -0.1) is 0 Å². The molecule has 1 heterocycles. The van der Waals surface area contributed by atoms with Crippen LogP contribution < -0.4 is 11.1 Å². The van der Waals surface area contributed by atoms with Crippen molar-refractivity contribution in [2.24, 2.45) is 20.4 Å². The van der Waals surface area contributed by atoms with Crippen molar-refractivity contribution in [3.05, 3.63) is 16.1 Å². The highest BCUT2D eigenvalue weighted by Gasteiger charge is 2.23. The minimum atomic E-state index is -0.617. The fourth-order valence-electron chi connectivity index (χ4n) is 1.50. The average Bonchev–Trinajstić information content (AvgIpc) is 2.82. The van der Waals surface area contributed by atoms with Crippen LogP contribution in [0.3, 0.4) is 0 Å². The molecule has 8 heteroatoms. The van der Waals surface area contributed by atoms with E-state index in [-0.39, 0.29) is 11.8 Å². The molecule has 0 fully saturated rings. The zero-order valence-corrected chi connectivity index (χ0v) is 12.6. The van der Waals surface area contributed by atoms with Crippen LogP contribution in [0.25, 0.3) is 0 Å². The number of hydrogen-bond acceptors (Lipinski definition) is 4. The molecular weight excluding hydrogens is 307 g/mol. The summed E-state index contributed by atoms with van der Waals surface area (Å²) in [5.74, 6) is -0.288. The summed E-state index contributed by atoms with van der Waals surface area (Å²) in [6.07, 6.45) is 0. The van der Waals surface area contributed by atoms with Crippen LogP contribution >= 0.6 is 23.2 Å². The molecule has 1 aliphatic heterocycles. The molecule has 1 aromatic carbocycles. The zero-order valence-electron chi connectivity index (χ0n) is 10.3. The smallest absolute Gasteiger partial charge is 0.241 e. The van der Waals surface area contributed by atoms with E-state index in [0.717, 1.165) is 11.4 Å². The summed E-state index contributed by atoms with van der Waals surface area (Å²) in [4.78, 5) is 12.0. The minimum Gasteiger partial charge on any atom is -0.322 e. The molecule has 0 radical (unpaired) electrons. The SMILES string of the molecule is CC(C)[C@@H](N)C(=O)Nc1c(Cl)cc(Cl)c2c1N=S=N2. The second kappa shape index (κ2) is 5.58. The predicted octanol–water partition coefficient (Wildman–Crippen LogP) is 3.64. The standard InChI is InChI=1S/C11H12Cl2N4OS/c1-4(2)7(14)11(18)15-8-5(12)3-6(13)9-10(8)17-19-16-9/h3-4,7H,14H2,1-2H3,(H,15,18)/t7-/m1/s1. The Morgan fingerprint density at radius 3 is 2.58 bits per heavy atom. The fourth-order valence-corrected chi connectivity index (χ4v) is 2.66. The molecule has 0 aromatic heterocycles. The van der Waals surface area contributed by atoms with E-state index in [4.69, 9.17) is 28.9 Å². The first kappa shape index (κ1) is 14.5. The van der Waals surface area contributed by atoms with E-state index in [0.29, 0.717) is 27.1 Å². The maximum atomic E-state index is 12.0. The van der Waals surface area contributed by atoms with E-state index in [2.05, 4.69) is 14.0 Å². The molecule has 0 saturated heterocycles. The molecule has 1 aliphatic rings. The topological polar surface area (TPSA) is 79.8 Å². The van der Waals surface area contributed by atoms with Crippen LogP contribution in [0.1, 0.15) is 13.8 Å². The fraction of sp³-hybridized carbons (Fsp3) is 0.364. The van der Waals surface area contributed by atoms with Crippen molar-refractivity contribution in [3.8, 4) is 0 Å². The molecule has 5 nitrogen and oxygen atoms in total. The molecule has 1 amide bonds. The van der Waals surface area contributed by atoms with Crippen LogP contribution in [0.15, 0.2) is 14.8 Å². The van der Waals surface area contributed by atoms with Crippen molar-refractivity contribution < 1.29 is 4.79 Å². The van der Waals surface area contributed by atoms with Gasteiger partial charge in [0.05, 0.1) is 33.1 Å². The number of carbonyl (C=O) groups excluding carboxylic acids is 1. The average molecular weight is 319 g/mol. The lowest BCUT2D eigenvalue weighted by atomic mass is 10.0. The molecule has 0 unspecified atom stereocenters. The van der Waals surface area contributed by atoms with E-state index in [1.165, 1.54) is 6.07 Å². The number of nitrogens with zero attached hydrogens (tertiary/aromatic N) is 2. The van der Waals surface area contributed by atoms with E-state index in [9.17, 15) is 4.79 Å². The van der Waals surface area contributed by atoms with Gasteiger partial charge in [0, 0.05) is 0 Å². The highest BCUT2D eigenvalue weighted by molar-refractivity contribution is 7.58. The Morgan fingerprint density at radius 2 is 1.95 bits per heavy atom. The lowest BCUT2D eigenvalue weighted by Crippen LogP contribution is -2.39. The van der Waals surface area contributed by atoms with Gasteiger partial charge in [-0.1, -0.05) is 37.0 Å². The van der Waals surface area contributed by atoms with E-state index in [1.54, 1.807) is 0 Å². The molecule has 19 heavy (non-hydrogen) atoms. The predicted molar refractivity (Wildman–Crippen MR) is 79.4 cm³/mol. The Labute approximate surface area is 124 Å². The van der Waals surface area contributed by atoms with Gasteiger partial charge in [0.2, 0.25) is 5.91 Å². The summed E-state index contributed by atoms with van der Waals surface area (Å²) in [5.41, 5.74) is 7.19. The molecule has 102 valence electrons. The van der Waals surface area contributed by atoms with Crippen molar-refractivity contribution in [2.75, 3.05) is 5.32 Å². The molecule has 2 rings (SSSR count). The third kappa shape index (κ3) is 2.81. The number of amides is 1. The van der Waals surface area contributed by atoms with Crippen LogP contribution in [0.5, 0.6) is 0 Å². The molecular formula is C11H12Cl2N4OS. The van der Waals surface area contributed by atoms with Gasteiger partial charge in [0.25, 0.3) is 0 Å². The number of benzene rings is 1. The summed E-state index contributed by atoms with van der Waals surface area (Å²) in [7, 11) is 0. The summed E-state index contributed by atoms with van der Waals surface area (Å²) >= 11 is 13.1. The number of fused-ring (bicyclic) bond motifs is 1. The van der Waals surface area contributed by atoms with Crippen LogP contribution in [-0.2, 0) is 16.1 Å². The molecule has 0 aliphatic carbocycles. The Kier molecular flexibility index (Phi) is 4.25. The van der Waals surface area contributed by atoms with E-state index < -0.39 is 6.04 Å². The second-order valence-corrected chi connectivity index (χ2v) is 5.78. The Bertz CT molecular complexity index is 611. The largest absolute Gasteiger partial charge is 0.322 e. The summed E-state index contributed by atoms with van der Waals surface area (Å²) in [6, 6.07) is 0.914. The van der Waals surface area contributed by atoms with Crippen LogP contribution in [0.2, 0.25) is 10.0 Å². The number of nitrogens with two attached hydrogens (primary N) is 1. The summed E-state index contributed by atoms with van der Waals surface area (Å²) in [6.45, 7) is 3.74. The Morgan fingerprint density at radius 1 is 1.32 bits per heavy atom. The highest BCUT2D eigenvalue weighted by Crippen LogP contribution is 2.47. The number of hydrogen-bond donors (Lipinski definition) is 2. The summed E-state index contributed by atoms with van der Waals surface area (Å²) < 4.78 is 8.17. The van der Waals surface area contributed by atoms with Crippen molar-refractivity contribution in [1.29, 1.82) is 0 Å². The third-order valence-electron chi connectivity index (χ3n) is 2.71. The van der Waals surface area contributed by atoms with Crippen LogP contribution in [0.4, 0.5) is 17.1 Å². The van der Waals surface area contributed by atoms with E-state index >= 15 is 0 Å². The van der Waals surface area contributed by atoms with Crippen LogP contribution in [-0.4, -0.2) is 11.9 Å². The minimum absolute atomic E-state index is 0.0233. The maximum absolute atomic E-state index is 12.0. The number of halogens is 2. The molecule has 0 spiro atoms. The molecule has 1 atom stereocenters. The molecule has 0 bridgehead atoms.